The van der Waals surface area contributed by atoms with Crippen molar-refractivity contribution in [3.8, 4) is 0 Å². The van der Waals surface area contributed by atoms with Crippen LogP contribution in [0.4, 0.5) is 0 Å². The molecular formula is C12H16O3S. The van der Waals surface area contributed by atoms with Crippen molar-refractivity contribution in [2.24, 2.45) is 0 Å². The van der Waals surface area contributed by atoms with Crippen LogP contribution in [0, 0.1) is 0 Å². The summed E-state index contributed by atoms with van der Waals surface area (Å²) in [6, 6.07) is 7.08. The zero-order valence-electron chi connectivity index (χ0n) is 9.47. The molecule has 1 unspecified atom stereocenters. The molecule has 1 aliphatic rings. The van der Waals surface area contributed by atoms with Gasteiger partial charge >= 0.3 is 0 Å². The summed E-state index contributed by atoms with van der Waals surface area (Å²) in [5.74, 6) is 0. The quantitative estimate of drug-likeness (QED) is 0.853. The molecule has 16 heavy (non-hydrogen) atoms. The van der Waals surface area contributed by atoms with Gasteiger partial charge in [0.25, 0.3) is 0 Å². The number of fused-ring (bicyclic) bond motifs is 1. The van der Waals surface area contributed by atoms with Gasteiger partial charge in [0.2, 0.25) is 0 Å². The fraction of sp³-hybridized carbons (Fsp3) is 0.500. The minimum absolute atomic E-state index is 0.282. The lowest BCUT2D eigenvalue weighted by atomic mass is 9.99. The largest absolute Gasteiger partial charge is 0.390 e. The van der Waals surface area contributed by atoms with Gasteiger partial charge in [-0.3, -0.25) is 0 Å². The highest BCUT2D eigenvalue weighted by Crippen LogP contribution is 2.34. The SMILES string of the molecule is CC(C)(O)CC1Cc2ccccc2S1(=O)=O. The Hall–Kier alpha value is -0.870. The Kier molecular flexibility index (Phi) is 2.59. The first kappa shape index (κ1) is 11.6. The molecule has 0 saturated heterocycles. The summed E-state index contributed by atoms with van der Waals surface area (Å²) in [7, 11) is -3.24. The van der Waals surface area contributed by atoms with Crippen LogP contribution in [0.5, 0.6) is 0 Å². The lowest BCUT2D eigenvalue weighted by Gasteiger charge is -2.20. The highest BCUT2D eigenvalue weighted by molar-refractivity contribution is 7.92. The summed E-state index contributed by atoms with van der Waals surface area (Å²) in [5, 5.41) is 9.24. The molecular weight excluding hydrogens is 224 g/mol. The van der Waals surface area contributed by atoms with Crippen LogP contribution < -0.4 is 0 Å². The van der Waals surface area contributed by atoms with Gasteiger partial charge in [-0.2, -0.15) is 0 Å². The van der Waals surface area contributed by atoms with Gasteiger partial charge in [0, 0.05) is 0 Å². The second kappa shape index (κ2) is 3.57. The van der Waals surface area contributed by atoms with E-state index in [0.717, 1.165) is 5.56 Å². The van der Waals surface area contributed by atoms with Gasteiger partial charge < -0.3 is 5.11 Å². The first-order valence-electron chi connectivity index (χ1n) is 5.35. The molecule has 0 amide bonds. The van der Waals surface area contributed by atoms with Crippen LogP contribution in [0.15, 0.2) is 29.2 Å². The van der Waals surface area contributed by atoms with E-state index in [1.54, 1.807) is 26.0 Å². The lowest BCUT2D eigenvalue weighted by molar-refractivity contribution is 0.0701. The zero-order chi connectivity index (χ0) is 12.0. The second-order valence-electron chi connectivity index (χ2n) is 5.00. The van der Waals surface area contributed by atoms with Crippen molar-refractivity contribution in [1.29, 1.82) is 0 Å². The van der Waals surface area contributed by atoms with Crippen LogP contribution in [0.25, 0.3) is 0 Å². The molecule has 4 heteroatoms. The molecule has 0 aliphatic carbocycles. The fourth-order valence-corrected chi connectivity index (χ4v) is 4.39. The Bertz CT molecular complexity index is 497. The topological polar surface area (TPSA) is 54.4 Å². The molecule has 0 spiro atoms. The van der Waals surface area contributed by atoms with Crippen LogP contribution in [0.3, 0.4) is 0 Å². The van der Waals surface area contributed by atoms with E-state index in [9.17, 15) is 13.5 Å². The third-order valence-corrected chi connectivity index (χ3v) is 5.12. The average molecular weight is 240 g/mol. The van der Waals surface area contributed by atoms with E-state index in [1.165, 1.54) is 0 Å². The van der Waals surface area contributed by atoms with E-state index < -0.39 is 20.7 Å². The van der Waals surface area contributed by atoms with E-state index in [2.05, 4.69) is 0 Å². The van der Waals surface area contributed by atoms with Gasteiger partial charge in [0.15, 0.2) is 9.84 Å². The molecule has 0 radical (unpaired) electrons. The molecule has 0 fully saturated rings. The Balaban J connectivity index is 2.37. The fourth-order valence-electron chi connectivity index (χ4n) is 2.22. The Morgan fingerprint density at radius 3 is 2.56 bits per heavy atom. The lowest BCUT2D eigenvalue weighted by Crippen LogP contribution is -2.30. The normalized spacial score (nSPS) is 23.1. The summed E-state index contributed by atoms with van der Waals surface area (Å²) >= 11 is 0. The van der Waals surface area contributed by atoms with Crippen molar-refractivity contribution < 1.29 is 13.5 Å². The minimum Gasteiger partial charge on any atom is -0.390 e. The number of benzene rings is 1. The molecule has 2 rings (SSSR count). The van der Waals surface area contributed by atoms with Gasteiger partial charge in [-0.25, -0.2) is 8.42 Å². The predicted octanol–water partition coefficient (Wildman–Crippen LogP) is 1.55. The van der Waals surface area contributed by atoms with Gasteiger partial charge in [0.1, 0.15) is 0 Å². The molecule has 0 aromatic heterocycles. The van der Waals surface area contributed by atoms with E-state index in [4.69, 9.17) is 0 Å². The average Bonchev–Trinajstić information content (AvgIpc) is 2.37. The molecule has 88 valence electrons. The maximum absolute atomic E-state index is 12.2. The minimum atomic E-state index is -3.24. The summed E-state index contributed by atoms with van der Waals surface area (Å²) in [5.41, 5.74) is -0.0727. The van der Waals surface area contributed by atoms with Crippen LogP contribution in [0.2, 0.25) is 0 Å². The van der Waals surface area contributed by atoms with Crippen LogP contribution in [-0.2, 0) is 16.3 Å². The zero-order valence-corrected chi connectivity index (χ0v) is 10.3. The van der Waals surface area contributed by atoms with Crippen molar-refractivity contribution in [3.63, 3.8) is 0 Å². The van der Waals surface area contributed by atoms with Gasteiger partial charge in [-0.05, 0) is 38.3 Å². The summed E-state index contributed by atoms with van der Waals surface area (Å²) in [6.07, 6.45) is 0.798. The molecule has 0 saturated carbocycles. The monoisotopic (exact) mass is 240 g/mol. The second-order valence-corrected chi connectivity index (χ2v) is 7.19. The Labute approximate surface area is 96.0 Å². The molecule has 1 heterocycles. The predicted molar refractivity (Wildman–Crippen MR) is 62.0 cm³/mol. The van der Waals surface area contributed by atoms with Crippen LogP contribution in [-0.4, -0.2) is 24.4 Å². The highest BCUT2D eigenvalue weighted by atomic mass is 32.2. The third kappa shape index (κ3) is 1.99. The Morgan fingerprint density at radius 2 is 2.00 bits per heavy atom. The van der Waals surface area contributed by atoms with Crippen molar-refractivity contribution in [2.75, 3.05) is 0 Å². The van der Waals surface area contributed by atoms with Crippen molar-refractivity contribution >= 4 is 9.84 Å². The van der Waals surface area contributed by atoms with E-state index in [0.29, 0.717) is 11.3 Å². The Morgan fingerprint density at radius 1 is 1.38 bits per heavy atom. The van der Waals surface area contributed by atoms with E-state index in [1.807, 2.05) is 12.1 Å². The standard InChI is InChI=1S/C12H16O3S/c1-12(2,13)8-10-7-9-5-3-4-6-11(9)16(10,14)15/h3-6,10,13H,7-8H2,1-2H3. The molecule has 1 atom stereocenters. The summed E-state index contributed by atoms with van der Waals surface area (Å²) in [4.78, 5) is 0.434. The number of hydrogen-bond donors (Lipinski definition) is 1. The molecule has 1 N–H and O–H groups in total. The molecule has 3 nitrogen and oxygen atoms in total. The number of hydrogen-bond acceptors (Lipinski definition) is 3. The van der Waals surface area contributed by atoms with Gasteiger partial charge in [-0.15, -0.1) is 0 Å². The smallest absolute Gasteiger partial charge is 0.181 e. The van der Waals surface area contributed by atoms with E-state index in [-0.39, 0.29) is 6.42 Å². The van der Waals surface area contributed by atoms with Crippen molar-refractivity contribution in [1.82, 2.24) is 0 Å². The van der Waals surface area contributed by atoms with Crippen LogP contribution >= 0.6 is 0 Å². The first-order valence-corrected chi connectivity index (χ1v) is 6.89. The van der Waals surface area contributed by atoms with E-state index >= 15 is 0 Å². The number of sulfone groups is 1. The third-order valence-electron chi connectivity index (χ3n) is 2.89. The summed E-state index contributed by atoms with van der Waals surface area (Å²) in [6.45, 7) is 3.29. The van der Waals surface area contributed by atoms with Crippen LogP contribution in [0.1, 0.15) is 25.8 Å². The van der Waals surface area contributed by atoms with Gasteiger partial charge in [0.05, 0.1) is 15.7 Å². The molecule has 1 aliphatic heterocycles. The number of rotatable bonds is 2. The van der Waals surface area contributed by atoms with Crippen molar-refractivity contribution in [3.05, 3.63) is 29.8 Å². The molecule has 0 bridgehead atoms. The molecule has 1 aromatic rings. The molecule has 1 aromatic carbocycles. The maximum atomic E-state index is 12.2. The number of aliphatic hydroxyl groups is 1. The van der Waals surface area contributed by atoms with Crippen molar-refractivity contribution in [2.45, 2.75) is 42.4 Å². The van der Waals surface area contributed by atoms with Gasteiger partial charge in [-0.1, -0.05) is 18.2 Å². The maximum Gasteiger partial charge on any atom is 0.181 e. The highest BCUT2D eigenvalue weighted by Gasteiger charge is 2.39. The first-order chi connectivity index (χ1) is 7.31. The summed E-state index contributed by atoms with van der Waals surface area (Å²) < 4.78 is 24.3.